The van der Waals surface area contributed by atoms with Crippen molar-refractivity contribution in [2.45, 2.75) is 0 Å². The minimum atomic E-state index is 0.730. The van der Waals surface area contributed by atoms with Crippen LogP contribution in [0.25, 0.3) is 4.91 Å². The molecule has 0 spiro atoms. The predicted molar refractivity (Wildman–Crippen MR) is 64.8 cm³/mol. The van der Waals surface area contributed by atoms with Crippen LogP contribution in [0, 0.1) is 0 Å². The molecule has 76 valence electrons. The van der Waals surface area contributed by atoms with Crippen molar-refractivity contribution >= 4 is 28.3 Å². The zero-order valence-electron chi connectivity index (χ0n) is 8.13. The van der Waals surface area contributed by atoms with Crippen molar-refractivity contribution < 1.29 is 4.74 Å². The molecule has 3 heteroatoms. The molecule has 0 bridgehead atoms. The fourth-order valence-corrected chi connectivity index (χ4v) is 2.15. The number of ether oxygens (including phenoxy) is 1. The Morgan fingerprint density at radius 2 is 2.21 bits per heavy atom. The van der Waals surface area contributed by atoms with Gasteiger partial charge in [0.25, 0.3) is 0 Å². The predicted octanol–water partition coefficient (Wildman–Crippen LogP) is 3.69. The molecular weight excluding hydrogens is 216 g/mol. The zero-order chi connectivity index (χ0) is 10.4. The van der Waals surface area contributed by atoms with Crippen LogP contribution in [0.1, 0.15) is 5.56 Å². The van der Waals surface area contributed by atoms with Gasteiger partial charge in [0.1, 0.15) is 0 Å². The molecule has 0 aliphatic carbocycles. The molecular formula is C11H13ClOS. The van der Waals surface area contributed by atoms with Crippen LogP contribution in [0.4, 0.5) is 0 Å². The second kappa shape index (κ2) is 6.12. The largest absolute Gasteiger partial charge is 0.384 e. The van der Waals surface area contributed by atoms with Gasteiger partial charge in [-0.3, -0.25) is 0 Å². The highest BCUT2D eigenvalue weighted by Crippen LogP contribution is 2.30. The fraction of sp³-hybridized carbons (Fsp3) is 0.273. The number of hydrogen-bond donors (Lipinski definition) is 0. The molecule has 0 aliphatic rings. The number of methoxy groups -OCH3 is 1. The molecule has 0 saturated heterocycles. The van der Waals surface area contributed by atoms with E-state index in [1.165, 1.54) is 0 Å². The molecule has 0 fully saturated rings. The first-order valence-electron chi connectivity index (χ1n) is 4.31. The van der Waals surface area contributed by atoms with Gasteiger partial charge in [-0.15, -0.1) is 11.8 Å². The van der Waals surface area contributed by atoms with Gasteiger partial charge in [0, 0.05) is 28.4 Å². The van der Waals surface area contributed by atoms with E-state index in [0.29, 0.717) is 0 Å². The van der Waals surface area contributed by atoms with Crippen LogP contribution in [0.2, 0.25) is 5.02 Å². The molecule has 0 N–H and O–H groups in total. The molecule has 0 amide bonds. The van der Waals surface area contributed by atoms with E-state index in [1.54, 1.807) is 18.9 Å². The first-order chi connectivity index (χ1) is 6.75. The van der Waals surface area contributed by atoms with Crippen molar-refractivity contribution in [1.29, 1.82) is 0 Å². The van der Waals surface area contributed by atoms with E-state index in [4.69, 9.17) is 16.3 Å². The Kier molecular flexibility index (Phi) is 5.09. The molecule has 1 aromatic rings. The van der Waals surface area contributed by atoms with Gasteiger partial charge in [-0.2, -0.15) is 0 Å². The van der Waals surface area contributed by atoms with Crippen molar-refractivity contribution in [3.63, 3.8) is 0 Å². The minimum Gasteiger partial charge on any atom is -0.384 e. The molecule has 0 radical (unpaired) electrons. The Bertz CT molecular complexity index is 312. The summed E-state index contributed by atoms with van der Waals surface area (Å²) in [7, 11) is 1.69. The molecule has 0 heterocycles. The second-order valence-corrected chi connectivity index (χ2v) is 4.34. The lowest BCUT2D eigenvalue weighted by atomic mass is 10.2. The maximum Gasteiger partial charge on any atom is 0.0556 e. The topological polar surface area (TPSA) is 9.23 Å². The van der Waals surface area contributed by atoms with E-state index in [1.807, 2.05) is 24.3 Å². The second-order valence-electron chi connectivity index (χ2n) is 2.74. The molecule has 1 nitrogen and oxygen atoms in total. The van der Waals surface area contributed by atoms with Gasteiger partial charge in [0.2, 0.25) is 0 Å². The van der Waals surface area contributed by atoms with E-state index in [2.05, 4.69) is 6.58 Å². The zero-order valence-corrected chi connectivity index (χ0v) is 9.70. The number of rotatable bonds is 5. The third-order valence-electron chi connectivity index (χ3n) is 1.74. The van der Waals surface area contributed by atoms with Crippen LogP contribution in [-0.4, -0.2) is 19.5 Å². The summed E-state index contributed by atoms with van der Waals surface area (Å²) in [5.41, 5.74) is 1.01. The number of benzene rings is 1. The third kappa shape index (κ3) is 3.37. The van der Waals surface area contributed by atoms with Crippen molar-refractivity contribution in [3.05, 3.63) is 41.4 Å². The molecule has 1 aromatic carbocycles. The third-order valence-corrected chi connectivity index (χ3v) is 3.01. The molecule has 0 aromatic heterocycles. The number of thioether (sulfide) groups is 1. The van der Waals surface area contributed by atoms with E-state index >= 15 is 0 Å². The summed E-state index contributed by atoms with van der Waals surface area (Å²) in [6.45, 7) is 4.71. The lowest BCUT2D eigenvalue weighted by Gasteiger charge is -2.06. The Hall–Kier alpha value is -0.440. The van der Waals surface area contributed by atoms with Gasteiger partial charge < -0.3 is 4.74 Å². The number of halogens is 1. The van der Waals surface area contributed by atoms with Crippen LogP contribution in [0.3, 0.4) is 0 Å². The Morgan fingerprint density at radius 3 is 2.86 bits per heavy atom. The molecule has 0 atom stereocenters. The summed E-state index contributed by atoms with van der Waals surface area (Å²) in [6, 6.07) is 7.73. The lowest BCUT2D eigenvalue weighted by molar-refractivity contribution is 0.219. The van der Waals surface area contributed by atoms with Gasteiger partial charge in [0.15, 0.2) is 0 Å². The van der Waals surface area contributed by atoms with Crippen LogP contribution < -0.4 is 0 Å². The van der Waals surface area contributed by atoms with E-state index in [9.17, 15) is 0 Å². The Balaban J connectivity index is 2.56. The number of hydrogen-bond acceptors (Lipinski definition) is 2. The van der Waals surface area contributed by atoms with E-state index < -0.39 is 0 Å². The summed E-state index contributed by atoms with van der Waals surface area (Å²) in [6.07, 6.45) is 0. The van der Waals surface area contributed by atoms with Crippen LogP contribution in [0.15, 0.2) is 30.8 Å². The highest BCUT2D eigenvalue weighted by atomic mass is 35.5. The molecule has 1 rings (SSSR count). The standard InChI is InChI=1S/C11H13ClOS/c1-9(14-8-7-13-2)10-5-3-4-6-11(10)12/h3-6H,1,7-8H2,2H3. The van der Waals surface area contributed by atoms with E-state index in [-0.39, 0.29) is 0 Å². The molecule has 0 aliphatic heterocycles. The Labute approximate surface area is 94.1 Å². The van der Waals surface area contributed by atoms with Crippen LogP contribution >= 0.6 is 23.4 Å². The van der Waals surface area contributed by atoms with Crippen molar-refractivity contribution in [1.82, 2.24) is 0 Å². The Morgan fingerprint density at radius 1 is 1.50 bits per heavy atom. The summed E-state index contributed by atoms with van der Waals surface area (Å²) in [5.74, 6) is 0.903. The maximum atomic E-state index is 6.03. The smallest absolute Gasteiger partial charge is 0.0556 e. The van der Waals surface area contributed by atoms with Gasteiger partial charge in [-0.05, 0) is 6.07 Å². The molecule has 14 heavy (non-hydrogen) atoms. The van der Waals surface area contributed by atoms with Crippen molar-refractivity contribution in [3.8, 4) is 0 Å². The summed E-state index contributed by atoms with van der Waals surface area (Å²) in [5, 5.41) is 0.752. The minimum absolute atomic E-state index is 0.730. The SMILES string of the molecule is C=C(SCCOC)c1ccccc1Cl. The van der Waals surface area contributed by atoms with Gasteiger partial charge >= 0.3 is 0 Å². The monoisotopic (exact) mass is 228 g/mol. The lowest BCUT2D eigenvalue weighted by Crippen LogP contribution is -1.91. The first-order valence-corrected chi connectivity index (χ1v) is 5.67. The van der Waals surface area contributed by atoms with Crippen LogP contribution in [0.5, 0.6) is 0 Å². The fourth-order valence-electron chi connectivity index (χ4n) is 1.01. The first kappa shape index (κ1) is 11.6. The molecule has 0 unspecified atom stereocenters. The normalized spacial score (nSPS) is 10.1. The average molecular weight is 229 g/mol. The summed E-state index contributed by atoms with van der Waals surface area (Å²) in [4.78, 5) is 0.993. The average Bonchev–Trinajstić information content (AvgIpc) is 2.18. The maximum absolute atomic E-state index is 6.03. The van der Waals surface area contributed by atoms with Crippen molar-refractivity contribution in [2.75, 3.05) is 19.5 Å². The quantitative estimate of drug-likeness (QED) is 0.711. The molecule has 0 saturated carbocycles. The summed E-state index contributed by atoms with van der Waals surface area (Å²) < 4.78 is 4.96. The highest BCUT2D eigenvalue weighted by Gasteiger charge is 2.03. The van der Waals surface area contributed by atoms with Crippen molar-refractivity contribution in [2.24, 2.45) is 0 Å². The van der Waals surface area contributed by atoms with Crippen LogP contribution in [-0.2, 0) is 4.74 Å². The highest BCUT2D eigenvalue weighted by molar-refractivity contribution is 8.08. The summed E-state index contributed by atoms with van der Waals surface area (Å²) >= 11 is 7.69. The van der Waals surface area contributed by atoms with E-state index in [0.717, 1.165) is 27.9 Å². The van der Waals surface area contributed by atoms with Gasteiger partial charge in [0.05, 0.1) is 6.61 Å². The van der Waals surface area contributed by atoms with Gasteiger partial charge in [-0.25, -0.2) is 0 Å². The van der Waals surface area contributed by atoms with Gasteiger partial charge in [-0.1, -0.05) is 36.4 Å².